The number of hydrogen-bond acceptors (Lipinski definition) is 4. The fourth-order valence-electron chi connectivity index (χ4n) is 2.05. The maximum Gasteiger partial charge on any atom is 0.126 e. The Morgan fingerprint density at radius 2 is 2.33 bits per heavy atom. The fourth-order valence-corrected chi connectivity index (χ4v) is 2.87. The Labute approximate surface area is 112 Å². The van der Waals surface area contributed by atoms with Crippen LogP contribution in [0.25, 0.3) is 0 Å². The topological polar surface area (TPSA) is 42.7 Å². The molecule has 0 fully saturated rings. The summed E-state index contributed by atoms with van der Waals surface area (Å²) in [5.41, 5.74) is 1.10. The quantitative estimate of drug-likeness (QED) is 0.872. The van der Waals surface area contributed by atoms with Crippen molar-refractivity contribution in [2.45, 2.75) is 39.3 Å². The van der Waals surface area contributed by atoms with Gasteiger partial charge in [0.05, 0.1) is 11.0 Å². The Hall–Kier alpha value is -1.20. The lowest BCUT2D eigenvalue weighted by molar-refractivity contribution is 0.511. The average molecular weight is 264 g/mol. The third kappa shape index (κ3) is 2.97. The van der Waals surface area contributed by atoms with Gasteiger partial charge in [-0.15, -0.1) is 11.3 Å². The number of imidazole rings is 1. The van der Waals surface area contributed by atoms with E-state index in [0.717, 1.165) is 35.9 Å². The van der Waals surface area contributed by atoms with E-state index in [2.05, 4.69) is 38.4 Å². The molecule has 0 amide bonds. The van der Waals surface area contributed by atoms with Crippen molar-refractivity contribution in [1.29, 1.82) is 0 Å². The van der Waals surface area contributed by atoms with Crippen LogP contribution in [0.15, 0.2) is 17.8 Å². The molecule has 0 radical (unpaired) electrons. The van der Waals surface area contributed by atoms with Crippen LogP contribution in [0, 0.1) is 6.92 Å². The maximum atomic E-state index is 4.53. The lowest BCUT2D eigenvalue weighted by Crippen LogP contribution is -2.23. The number of hydrogen-bond donors (Lipinski definition) is 1. The smallest absolute Gasteiger partial charge is 0.126 e. The molecule has 1 unspecified atom stereocenters. The fraction of sp³-hybridized carbons (Fsp3) is 0.538. The summed E-state index contributed by atoms with van der Waals surface area (Å²) in [5, 5.41) is 6.61. The van der Waals surface area contributed by atoms with Gasteiger partial charge in [0.15, 0.2) is 0 Å². The lowest BCUT2D eigenvalue weighted by atomic mass is 10.2. The molecule has 98 valence electrons. The van der Waals surface area contributed by atoms with Gasteiger partial charge in [0.1, 0.15) is 5.82 Å². The van der Waals surface area contributed by atoms with Crippen molar-refractivity contribution in [3.63, 3.8) is 0 Å². The standard InChI is InChI=1S/C13H20N4S/c1-4-6-17-7-5-15-13(17)11(14-3)8-12-16-10(2)9-18-12/h5,7,9,11,14H,4,6,8H2,1-3H3. The SMILES string of the molecule is CCCn1ccnc1C(Cc1nc(C)cs1)NC. The van der Waals surface area contributed by atoms with E-state index < -0.39 is 0 Å². The summed E-state index contributed by atoms with van der Waals surface area (Å²) in [4.78, 5) is 9.01. The van der Waals surface area contributed by atoms with Crippen LogP contribution in [0.1, 0.15) is 35.9 Å². The zero-order valence-corrected chi connectivity index (χ0v) is 12.0. The van der Waals surface area contributed by atoms with Crippen molar-refractivity contribution in [2.75, 3.05) is 7.05 Å². The van der Waals surface area contributed by atoms with E-state index in [1.54, 1.807) is 11.3 Å². The molecule has 0 aliphatic rings. The van der Waals surface area contributed by atoms with Crippen molar-refractivity contribution in [3.05, 3.63) is 34.3 Å². The van der Waals surface area contributed by atoms with Crippen LogP contribution < -0.4 is 5.32 Å². The van der Waals surface area contributed by atoms with E-state index in [1.165, 1.54) is 0 Å². The summed E-state index contributed by atoms with van der Waals surface area (Å²) in [6.45, 7) is 5.24. The number of nitrogens with one attached hydrogen (secondary N) is 1. The highest BCUT2D eigenvalue weighted by atomic mass is 32.1. The monoisotopic (exact) mass is 264 g/mol. The van der Waals surface area contributed by atoms with Crippen LogP contribution >= 0.6 is 11.3 Å². The van der Waals surface area contributed by atoms with Gasteiger partial charge in [-0.25, -0.2) is 9.97 Å². The first-order valence-electron chi connectivity index (χ1n) is 6.34. The van der Waals surface area contributed by atoms with Crippen molar-refractivity contribution >= 4 is 11.3 Å². The van der Waals surface area contributed by atoms with Gasteiger partial charge in [0.2, 0.25) is 0 Å². The van der Waals surface area contributed by atoms with Gasteiger partial charge < -0.3 is 9.88 Å². The number of rotatable bonds is 6. The zero-order valence-electron chi connectivity index (χ0n) is 11.2. The minimum atomic E-state index is 0.233. The zero-order chi connectivity index (χ0) is 13.0. The molecule has 2 rings (SSSR count). The molecule has 1 atom stereocenters. The van der Waals surface area contributed by atoms with Gasteiger partial charge in [-0.1, -0.05) is 6.92 Å². The summed E-state index contributed by atoms with van der Waals surface area (Å²) >= 11 is 1.72. The number of nitrogens with zero attached hydrogens (tertiary/aromatic N) is 3. The molecule has 2 heterocycles. The van der Waals surface area contributed by atoms with Gasteiger partial charge in [-0.05, 0) is 20.4 Å². The molecule has 0 saturated heterocycles. The van der Waals surface area contributed by atoms with Gasteiger partial charge in [0.25, 0.3) is 0 Å². The Bertz CT molecular complexity index is 489. The van der Waals surface area contributed by atoms with E-state index in [0.29, 0.717) is 0 Å². The normalized spacial score (nSPS) is 12.8. The van der Waals surface area contributed by atoms with Crippen molar-refractivity contribution in [1.82, 2.24) is 19.9 Å². The van der Waals surface area contributed by atoms with E-state index in [9.17, 15) is 0 Å². The highest BCUT2D eigenvalue weighted by molar-refractivity contribution is 7.09. The molecule has 4 nitrogen and oxygen atoms in total. The third-order valence-electron chi connectivity index (χ3n) is 2.92. The Balaban J connectivity index is 2.14. The molecule has 0 aliphatic heterocycles. The Morgan fingerprint density at radius 1 is 1.50 bits per heavy atom. The van der Waals surface area contributed by atoms with Crippen LogP contribution in [0.4, 0.5) is 0 Å². The van der Waals surface area contributed by atoms with Crippen LogP contribution in [-0.2, 0) is 13.0 Å². The third-order valence-corrected chi connectivity index (χ3v) is 3.91. The van der Waals surface area contributed by atoms with E-state index in [-0.39, 0.29) is 6.04 Å². The molecule has 0 saturated carbocycles. The summed E-state index contributed by atoms with van der Waals surface area (Å²) < 4.78 is 2.22. The summed E-state index contributed by atoms with van der Waals surface area (Å²) in [5.74, 6) is 1.10. The second-order valence-corrected chi connectivity index (χ2v) is 5.35. The second kappa shape index (κ2) is 6.11. The molecule has 18 heavy (non-hydrogen) atoms. The van der Waals surface area contributed by atoms with Crippen LogP contribution in [-0.4, -0.2) is 21.6 Å². The van der Waals surface area contributed by atoms with E-state index in [4.69, 9.17) is 0 Å². The molecule has 0 aromatic carbocycles. The molecule has 2 aromatic rings. The molecule has 0 spiro atoms. The second-order valence-electron chi connectivity index (χ2n) is 4.41. The van der Waals surface area contributed by atoms with E-state index in [1.807, 2.05) is 20.2 Å². The van der Waals surface area contributed by atoms with Crippen LogP contribution in [0.5, 0.6) is 0 Å². The molecular weight excluding hydrogens is 244 g/mol. The molecule has 2 aromatic heterocycles. The molecule has 5 heteroatoms. The summed E-state index contributed by atoms with van der Waals surface area (Å²) in [7, 11) is 1.98. The molecular formula is C13H20N4S. The van der Waals surface area contributed by atoms with Gasteiger partial charge in [-0.2, -0.15) is 0 Å². The van der Waals surface area contributed by atoms with Gasteiger partial charge in [-0.3, -0.25) is 0 Å². The van der Waals surface area contributed by atoms with Crippen molar-refractivity contribution in [3.8, 4) is 0 Å². The number of aryl methyl sites for hydroxylation is 2. The predicted octanol–water partition coefficient (Wildman–Crippen LogP) is 2.56. The van der Waals surface area contributed by atoms with Crippen molar-refractivity contribution < 1.29 is 0 Å². The first kappa shape index (κ1) is 13.2. The lowest BCUT2D eigenvalue weighted by Gasteiger charge is -2.16. The Morgan fingerprint density at radius 3 is 2.94 bits per heavy atom. The minimum absolute atomic E-state index is 0.233. The highest BCUT2D eigenvalue weighted by Gasteiger charge is 2.17. The number of likely N-dealkylation sites (N-methyl/N-ethyl adjacent to an activating group) is 1. The predicted molar refractivity (Wildman–Crippen MR) is 74.9 cm³/mol. The van der Waals surface area contributed by atoms with Crippen LogP contribution in [0.3, 0.4) is 0 Å². The van der Waals surface area contributed by atoms with Crippen molar-refractivity contribution in [2.24, 2.45) is 0 Å². The summed E-state index contributed by atoms with van der Waals surface area (Å²) in [6.07, 6.45) is 5.95. The number of thiazole rings is 1. The molecule has 0 bridgehead atoms. The summed E-state index contributed by atoms with van der Waals surface area (Å²) in [6, 6.07) is 0.233. The number of aromatic nitrogens is 3. The molecule has 0 aliphatic carbocycles. The largest absolute Gasteiger partial charge is 0.334 e. The maximum absolute atomic E-state index is 4.53. The highest BCUT2D eigenvalue weighted by Crippen LogP contribution is 2.19. The Kier molecular flexibility index (Phi) is 4.49. The molecule has 1 N–H and O–H groups in total. The van der Waals surface area contributed by atoms with Crippen LogP contribution in [0.2, 0.25) is 0 Å². The van der Waals surface area contributed by atoms with Gasteiger partial charge in [0, 0.05) is 36.4 Å². The van der Waals surface area contributed by atoms with Gasteiger partial charge >= 0.3 is 0 Å². The first-order chi connectivity index (χ1) is 8.74. The van der Waals surface area contributed by atoms with E-state index >= 15 is 0 Å². The minimum Gasteiger partial charge on any atom is -0.334 e. The average Bonchev–Trinajstić information content (AvgIpc) is 2.96. The first-order valence-corrected chi connectivity index (χ1v) is 7.21.